The van der Waals surface area contributed by atoms with Gasteiger partial charge in [0.2, 0.25) is 0 Å². The van der Waals surface area contributed by atoms with Crippen LogP contribution in [-0.2, 0) is 7.05 Å². The second kappa shape index (κ2) is 4.78. The number of hydrogen-bond donors (Lipinski definition) is 2. The molecule has 0 spiro atoms. The second-order valence-electron chi connectivity index (χ2n) is 3.18. The van der Waals surface area contributed by atoms with Crippen LogP contribution in [0.25, 0.3) is 0 Å². The molecule has 3 N–H and O–H groups in total. The molecule has 0 aliphatic rings. The van der Waals surface area contributed by atoms with Crippen LogP contribution in [0.3, 0.4) is 0 Å². The molecule has 2 aromatic heterocycles. The largest absolute Gasteiger partial charge is 0.382 e. The van der Waals surface area contributed by atoms with Gasteiger partial charge in [-0.15, -0.1) is 0 Å². The van der Waals surface area contributed by atoms with Crippen molar-refractivity contribution in [2.45, 2.75) is 10.2 Å². The van der Waals surface area contributed by atoms with E-state index in [9.17, 15) is 9.59 Å². The van der Waals surface area contributed by atoms with E-state index in [0.717, 1.165) is 11.8 Å². The predicted octanol–water partition coefficient (Wildman–Crippen LogP) is -0.355. The summed E-state index contributed by atoms with van der Waals surface area (Å²) < 4.78 is 1.29. The lowest BCUT2D eigenvalue weighted by Crippen LogP contribution is -2.33. The van der Waals surface area contributed by atoms with E-state index in [0.29, 0.717) is 5.03 Å². The Hall–Kier alpha value is -1.87. The molecular weight excluding hydrogens is 280 g/mol. The maximum Gasteiger partial charge on any atom is 0.339 e. The molecule has 0 bridgehead atoms. The van der Waals surface area contributed by atoms with Gasteiger partial charge in [0.05, 0.1) is 0 Å². The third-order valence-corrected chi connectivity index (χ3v) is 3.46. The quantitative estimate of drug-likeness (QED) is 0.571. The third-order valence-electron chi connectivity index (χ3n) is 1.92. The molecule has 0 aromatic carbocycles. The Kier molecular flexibility index (Phi) is 3.34. The first kappa shape index (κ1) is 12.6. The van der Waals surface area contributed by atoms with E-state index in [-0.39, 0.29) is 16.0 Å². The highest BCUT2D eigenvalue weighted by molar-refractivity contribution is 7.99. The van der Waals surface area contributed by atoms with E-state index < -0.39 is 11.1 Å². The molecule has 0 unspecified atom stereocenters. The summed E-state index contributed by atoms with van der Waals surface area (Å²) in [6.07, 6.45) is 1.24. The van der Waals surface area contributed by atoms with Gasteiger partial charge in [-0.2, -0.15) is 4.98 Å². The number of halogens is 1. The van der Waals surface area contributed by atoms with Crippen molar-refractivity contribution in [2.75, 3.05) is 5.73 Å². The number of H-pyrrole nitrogens is 1. The molecule has 8 nitrogen and oxygen atoms in total. The Morgan fingerprint density at radius 1 is 1.44 bits per heavy atom. The van der Waals surface area contributed by atoms with Crippen molar-refractivity contribution in [3.63, 3.8) is 0 Å². The van der Waals surface area contributed by atoms with Crippen molar-refractivity contribution in [1.82, 2.24) is 24.7 Å². The van der Waals surface area contributed by atoms with E-state index in [1.165, 1.54) is 18.1 Å². The lowest BCUT2D eigenvalue weighted by atomic mass is 10.6. The summed E-state index contributed by atoms with van der Waals surface area (Å²) in [6, 6.07) is 0. The minimum absolute atomic E-state index is 0.128. The fraction of sp³-hybridized carbons (Fsp3) is 0.125. The SMILES string of the molecule is Cn1[nH]c(=O)c(=O)nc1Sc1ncnc(N)c1Cl. The zero-order valence-electron chi connectivity index (χ0n) is 9.05. The molecule has 10 heteroatoms. The van der Waals surface area contributed by atoms with E-state index in [1.807, 2.05) is 0 Å². The number of nitrogen functional groups attached to an aromatic ring is 1. The molecular formula is C8H7ClN6O2S. The number of nitrogens with two attached hydrogens (primary N) is 1. The van der Waals surface area contributed by atoms with Gasteiger partial charge in [-0.1, -0.05) is 11.6 Å². The highest BCUT2D eigenvalue weighted by Crippen LogP contribution is 2.31. The predicted molar refractivity (Wildman–Crippen MR) is 65.7 cm³/mol. The first-order chi connectivity index (χ1) is 8.49. The lowest BCUT2D eigenvalue weighted by molar-refractivity contribution is 0.596. The minimum Gasteiger partial charge on any atom is -0.382 e. The van der Waals surface area contributed by atoms with E-state index in [1.54, 1.807) is 0 Å². The summed E-state index contributed by atoms with van der Waals surface area (Å²) in [5.41, 5.74) is 3.85. The highest BCUT2D eigenvalue weighted by atomic mass is 35.5. The Balaban J connectivity index is 2.46. The molecule has 0 atom stereocenters. The summed E-state index contributed by atoms with van der Waals surface area (Å²) >= 11 is 6.91. The molecule has 0 radical (unpaired) electrons. The van der Waals surface area contributed by atoms with Crippen LogP contribution in [0.4, 0.5) is 5.82 Å². The van der Waals surface area contributed by atoms with Crippen LogP contribution < -0.4 is 16.9 Å². The fourth-order valence-electron chi connectivity index (χ4n) is 1.08. The summed E-state index contributed by atoms with van der Waals surface area (Å²) in [6.45, 7) is 0. The van der Waals surface area contributed by atoms with Gasteiger partial charge < -0.3 is 5.73 Å². The van der Waals surface area contributed by atoms with Gasteiger partial charge in [-0.3, -0.25) is 19.4 Å². The zero-order valence-corrected chi connectivity index (χ0v) is 10.6. The van der Waals surface area contributed by atoms with E-state index in [2.05, 4.69) is 20.1 Å². The second-order valence-corrected chi connectivity index (χ2v) is 4.51. The number of aryl methyl sites for hydroxylation is 1. The molecule has 0 fully saturated rings. The number of nitrogens with zero attached hydrogens (tertiary/aromatic N) is 4. The molecule has 0 aliphatic carbocycles. The average Bonchev–Trinajstić information content (AvgIpc) is 2.32. The highest BCUT2D eigenvalue weighted by Gasteiger charge is 2.12. The Bertz CT molecular complexity index is 711. The van der Waals surface area contributed by atoms with Crippen LogP contribution in [0.1, 0.15) is 0 Å². The topological polar surface area (TPSA) is 120 Å². The van der Waals surface area contributed by atoms with E-state index >= 15 is 0 Å². The number of rotatable bonds is 2. The summed E-state index contributed by atoms with van der Waals surface area (Å²) in [4.78, 5) is 33.4. The Labute approximate surface area is 109 Å². The van der Waals surface area contributed by atoms with Gasteiger partial charge in [0.1, 0.15) is 22.2 Å². The van der Waals surface area contributed by atoms with Crippen LogP contribution in [0, 0.1) is 0 Å². The van der Waals surface area contributed by atoms with Crippen LogP contribution >= 0.6 is 23.4 Å². The Morgan fingerprint density at radius 3 is 2.89 bits per heavy atom. The molecule has 2 rings (SSSR count). The van der Waals surface area contributed by atoms with Crippen molar-refractivity contribution in [3.05, 3.63) is 32.1 Å². The average molecular weight is 287 g/mol. The monoisotopic (exact) mass is 286 g/mol. The standard InChI is InChI=1S/C8H7ClN6O2S/c1-15-8(13-5(16)6(17)14-15)18-7-3(9)4(10)11-2-12-7/h2H,1H3,(H,14,17)(H2,10,11,12). The summed E-state index contributed by atoms with van der Waals surface area (Å²) in [5, 5.41) is 3.06. The van der Waals surface area contributed by atoms with E-state index in [4.69, 9.17) is 17.3 Å². The number of nitrogens with one attached hydrogen (secondary N) is 1. The maximum atomic E-state index is 11.2. The van der Waals surface area contributed by atoms with Crippen LogP contribution in [0.15, 0.2) is 26.1 Å². The number of hydrogen-bond acceptors (Lipinski definition) is 7. The molecule has 2 aromatic rings. The van der Waals surface area contributed by atoms with Crippen molar-refractivity contribution < 1.29 is 0 Å². The van der Waals surface area contributed by atoms with Crippen molar-refractivity contribution in [1.29, 1.82) is 0 Å². The van der Waals surface area contributed by atoms with Gasteiger partial charge in [0, 0.05) is 7.05 Å². The molecule has 94 valence electrons. The molecule has 0 aliphatic heterocycles. The van der Waals surface area contributed by atoms with Gasteiger partial charge >= 0.3 is 11.1 Å². The molecule has 0 saturated heterocycles. The van der Waals surface area contributed by atoms with Crippen LogP contribution in [-0.4, -0.2) is 24.7 Å². The molecule has 2 heterocycles. The van der Waals surface area contributed by atoms with Gasteiger partial charge in [-0.25, -0.2) is 9.97 Å². The Morgan fingerprint density at radius 2 is 2.17 bits per heavy atom. The zero-order chi connectivity index (χ0) is 13.3. The molecule has 18 heavy (non-hydrogen) atoms. The van der Waals surface area contributed by atoms with Crippen molar-refractivity contribution in [2.24, 2.45) is 7.05 Å². The maximum absolute atomic E-state index is 11.2. The van der Waals surface area contributed by atoms with Crippen LogP contribution in [0.2, 0.25) is 5.02 Å². The first-order valence-electron chi connectivity index (χ1n) is 4.60. The third kappa shape index (κ3) is 2.36. The lowest BCUT2D eigenvalue weighted by Gasteiger charge is -2.06. The van der Waals surface area contributed by atoms with Gasteiger partial charge in [0.15, 0.2) is 5.16 Å². The van der Waals surface area contributed by atoms with Gasteiger partial charge in [-0.05, 0) is 11.8 Å². The van der Waals surface area contributed by atoms with Crippen LogP contribution in [0.5, 0.6) is 0 Å². The summed E-state index contributed by atoms with van der Waals surface area (Å²) in [7, 11) is 1.54. The van der Waals surface area contributed by atoms with Crippen molar-refractivity contribution >= 4 is 29.2 Å². The normalized spacial score (nSPS) is 10.6. The fourth-order valence-corrected chi connectivity index (χ4v) is 2.07. The van der Waals surface area contributed by atoms with Crippen molar-refractivity contribution in [3.8, 4) is 0 Å². The number of aromatic amines is 1. The number of aromatic nitrogens is 5. The number of anilines is 1. The molecule has 0 saturated carbocycles. The van der Waals surface area contributed by atoms with Gasteiger partial charge in [0.25, 0.3) is 0 Å². The minimum atomic E-state index is -0.881. The molecule has 0 amide bonds. The smallest absolute Gasteiger partial charge is 0.339 e. The first-order valence-corrected chi connectivity index (χ1v) is 5.79. The summed E-state index contributed by atoms with van der Waals surface area (Å²) in [5.74, 6) is 0.128.